The summed E-state index contributed by atoms with van der Waals surface area (Å²) in [5, 5.41) is 4.94. The van der Waals surface area contributed by atoms with Gasteiger partial charge in [-0.3, -0.25) is 4.79 Å². The third-order valence-corrected chi connectivity index (χ3v) is 4.75. The summed E-state index contributed by atoms with van der Waals surface area (Å²) < 4.78 is 1.06. The Morgan fingerprint density at radius 1 is 1.67 bits per heavy atom. The summed E-state index contributed by atoms with van der Waals surface area (Å²) >= 11 is 5.07. The summed E-state index contributed by atoms with van der Waals surface area (Å²) in [5.41, 5.74) is 5.33. The van der Waals surface area contributed by atoms with E-state index in [0.717, 1.165) is 22.2 Å². The van der Waals surface area contributed by atoms with Gasteiger partial charge in [0.15, 0.2) is 0 Å². The third-order valence-electron chi connectivity index (χ3n) is 2.83. The molecule has 3 N–H and O–H groups in total. The van der Waals surface area contributed by atoms with Gasteiger partial charge in [0.1, 0.15) is 0 Å². The number of nitrogens with one attached hydrogen (secondary N) is 1. The molecule has 0 spiro atoms. The topological polar surface area (TPSA) is 55.1 Å². The van der Waals surface area contributed by atoms with Crippen molar-refractivity contribution in [2.75, 3.05) is 6.54 Å². The van der Waals surface area contributed by atoms with E-state index in [1.54, 1.807) is 11.3 Å². The second-order valence-electron chi connectivity index (χ2n) is 3.86. The smallest absolute Gasteiger partial charge is 0.227 e. The lowest BCUT2D eigenvalue weighted by molar-refractivity contribution is -0.126. The van der Waals surface area contributed by atoms with Crippen molar-refractivity contribution in [1.82, 2.24) is 5.32 Å². The first-order chi connectivity index (χ1) is 7.18. The summed E-state index contributed by atoms with van der Waals surface area (Å²) in [6.07, 6.45) is 1.86. The minimum Gasteiger partial charge on any atom is -0.351 e. The Kier molecular flexibility index (Phi) is 3.13. The zero-order valence-corrected chi connectivity index (χ0v) is 10.7. The normalized spacial score (nSPS) is 17.5. The number of carbonyl (C=O) groups excluding carboxylic acids is 1. The van der Waals surface area contributed by atoms with Crippen LogP contribution in [0.15, 0.2) is 15.9 Å². The van der Waals surface area contributed by atoms with Crippen LogP contribution in [-0.4, -0.2) is 12.5 Å². The van der Waals surface area contributed by atoms with Crippen molar-refractivity contribution >= 4 is 33.2 Å². The number of rotatable bonds is 4. The van der Waals surface area contributed by atoms with Crippen LogP contribution in [0.2, 0.25) is 0 Å². The molecule has 2 rings (SSSR count). The van der Waals surface area contributed by atoms with Gasteiger partial charge in [0, 0.05) is 15.9 Å². The van der Waals surface area contributed by atoms with Crippen LogP contribution in [0.3, 0.4) is 0 Å². The number of thiophene rings is 1. The van der Waals surface area contributed by atoms with Crippen molar-refractivity contribution in [1.29, 1.82) is 0 Å². The number of hydrogen-bond acceptors (Lipinski definition) is 3. The molecule has 0 radical (unpaired) electrons. The van der Waals surface area contributed by atoms with Gasteiger partial charge in [0.2, 0.25) is 5.91 Å². The molecule has 0 aromatic carbocycles. The summed E-state index contributed by atoms with van der Waals surface area (Å²) in [4.78, 5) is 12.9. The molecule has 1 aromatic rings. The van der Waals surface area contributed by atoms with Crippen LogP contribution in [0.1, 0.15) is 17.7 Å². The zero-order valence-electron chi connectivity index (χ0n) is 8.25. The first-order valence-corrected chi connectivity index (χ1v) is 6.55. The number of hydrogen-bond donors (Lipinski definition) is 2. The largest absolute Gasteiger partial charge is 0.351 e. The molecule has 1 saturated carbocycles. The molecule has 0 unspecified atom stereocenters. The second-order valence-corrected chi connectivity index (χ2v) is 5.71. The Bertz CT molecular complexity index is 373. The molecular weight excluding hydrogens is 276 g/mol. The Morgan fingerprint density at radius 2 is 2.40 bits per heavy atom. The fourth-order valence-corrected chi connectivity index (χ4v) is 2.91. The van der Waals surface area contributed by atoms with Crippen molar-refractivity contribution in [3.8, 4) is 0 Å². The predicted octanol–water partition coefficient (Wildman–Crippen LogP) is 1.87. The molecule has 0 aliphatic heterocycles. The van der Waals surface area contributed by atoms with Gasteiger partial charge in [-0.2, -0.15) is 0 Å². The van der Waals surface area contributed by atoms with Crippen molar-refractivity contribution in [3.63, 3.8) is 0 Å². The van der Waals surface area contributed by atoms with E-state index in [0.29, 0.717) is 13.1 Å². The molecule has 1 aliphatic carbocycles. The van der Waals surface area contributed by atoms with Gasteiger partial charge < -0.3 is 11.1 Å². The molecule has 82 valence electrons. The number of carbonyl (C=O) groups is 1. The molecule has 3 nitrogen and oxygen atoms in total. The van der Waals surface area contributed by atoms with E-state index >= 15 is 0 Å². The lowest BCUT2D eigenvalue weighted by Gasteiger charge is -2.12. The van der Waals surface area contributed by atoms with Crippen LogP contribution in [0.4, 0.5) is 0 Å². The van der Waals surface area contributed by atoms with Crippen molar-refractivity contribution in [2.45, 2.75) is 19.4 Å². The highest BCUT2D eigenvalue weighted by molar-refractivity contribution is 9.10. The number of amides is 1. The van der Waals surface area contributed by atoms with Gasteiger partial charge >= 0.3 is 0 Å². The second kappa shape index (κ2) is 4.23. The van der Waals surface area contributed by atoms with E-state index < -0.39 is 0 Å². The van der Waals surface area contributed by atoms with Gasteiger partial charge in [0.25, 0.3) is 0 Å². The van der Waals surface area contributed by atoms with E-state index in [4.69, 9.17) is 5.73 Å². The van der Waals surface area contributed by atoms with Crippen molar-refractivity contribution in [2.24, 2.45) is 11.1 Å². The molecule has 0 saturated heterocycles. The maximum Gasteiger partial charge on any atom is 0.227 e. The highest BCUT2D eigenvalue weighted by atomic mass is 79.9. The minimum atomic E-state index is -0.246. The van der Waals surface area contributed by atoms with E-state index in [-0.39, 0.29) is 11.3 Å². The molecule has 1 amide bonds. The van der Waals surface area contributed by atoms with Crippen LogP contribution in [0.5, 0.6) is 0 Å². The van der Waals surface area contributed by atoms with E-state index in [2.05, 4.69) is 21.2 Å². The van der Waals surface area contributed by atoms with Crippen LogP contribution >= 0.6 is 27.3 Å². The van der Waals surface area contributed by atoms with Crippen molar-refractivity contribution < 1.29 is 4.79 Å². The Hall–Kier alpha value is -0.390. The molecule has 15 heavy (non-hydrogen) atoms. The average molecular weight is 289 g/mol. The van der Waals surface area contributed by atoms with Gasteiger partial charge in [-0.05, 0) is 40.2 Å². The van der Waals surface area contributed by atoms with Crippen LogP contribution < -0.4 is 11.1 Å². The van der Waals surface area contributed by atoms with Gasteiger partial charge in [0.05, 0.1) is 12.0 Å². The quantitative estimate of drug-likeness (QED) is 0.889. The lowest BCUT2D eigenvalue weighted by atomic mass is 10.1. The molecule has 0 bridgehead atoms. The Morgan fingerprint density at radius 3 is 2.87 bits per heavy atom. The molecule has 5 heteroatoms. The molecule has 1 aliphatic rings. The van der Waals surface area contributed by atoms with Crippen LogP contribution in [0, 0.1) is 5.41 Å². The van der Waals surface area contributed by atoms with Crippen LogP contribution in [-0.2, 0) is 11.3 Å². The molecule has 0 atom stereocenters. The van der Waals surface area contributed by atoms with Gasteiger partial charge in [-0.1, -0.05) is 0 Å². The molecular formula is C10H13BrN2OS. The Balaban J connectivity index is 1.89. The minimum absolute atomic E-state index is 0.102. The number of nitrogens with two attached hydrogens (primary N) is 1. The van der Waals surface area contributed by atoms with E-state index in [1.807, 2.05) is 11.4 Å². The fraction of sp³-hybridized carbons (Fsp3) is 0.500. The lowest BCUT2D eigenvalue weighted by Crippen LogP contribution is -2.36. The summed E-state index contributed by atoms with van der Waals surface area (Å²) in [5.74, 6) is 0.102. The fourth-order valence-electron chi connectivity index (χ4n) is 1.47. The first-order valence-electron chi connectivity index (χ1n) is 4.88. The third kappa shape index (κ3) is 2.24. The van der Waals surface area contributed by atoms with E-state index in [1.165, 1.54) is 0 Å². The Labute approximate surface area is 101 Å². The molecule has 1 aromatic heterocycles. The predicted molar refractivity (Wildman–Crippen MR) is 64.6 cm³/mol. The number of halogens is 1. The maximum atomic E-state index is 11.8. The monoisotopic (exact) mass is 288 g/mol. The first kappa shape index (κ1) is 11.1. The summed E-state index contributed by atoms with van der Waals surface area (Å²) in [7, 11) is 0. The standard InChI is InChI=1S/C10H13BrN2OS/c11-7-1-4-15-8(7)5-13-9(14)10(6-12)2-3-10/h1,4H,2-3,5-6,12H2,(H,13,14). The highest BCUT2D eigenvalue weighted by Crippen LogP contribution is 2.44. The SMILES string of the molecule is NCC1(C(=O)NCc2sccc2Br)CC1. The van der Waals surface area contributed by atoms with Crippen molar-refractivity contribution in [3.05, 3.63) is 20.8 Å². The van der Waals surface area contributed by atoms with E-state index in [9.17, 15) is 4.79 Å². The molecule has 1 fully saturated rings. The highest BCUT2D eigenvalue weighted by Gasteiger charge is 2.48. The molecule has 1 heterocycles. The van der Waals surface area contributed by atoms with Gasteiger partial charge in [-0.15, -0.1) is 11.3 Å². The van der Waals surface area contributed by atoms with Crippen LogP contribution in [0.25, 0.3) is 0 Å². The van der Waals surface area contributed by atoms with Gasteiger partial charge in [-0.25, -0.2) is 0 Å². The summed E-state index contributed by atoms with van der Waals surface area (Å²) in [6.45, 7) is 1.06. The maximum absolute atomic E-state index is 11.8. The average Bonchev–Trinajstić information content (AvgIpc) is 2.94. The summed E-state index contributed by atoms with van der Waals surface area (Å²) in [6, 6.07) is 1.99. The zero-order chi connectivity index (χ0) is 10.9.